The van der Waals surface area contributed by atoms with Gasteiger partial charge in [-0.25, -0.2) is 0 Å². The molecule has 0 saturated heterocycles. The van der Waals surface area contributed by atoms with E-state index in [4.69, 9.17) is 10.9 Å². The Balaban J connectivity index is 1.83. The van der Waals surface area contributed by atoms with Crippen LogP contribution in [-0.4, -0.2) is 35.6 Å². The zero-order valence-corrected chi connectivity index (χ0v) is 10.9. The van der Waals surface area contributed by atoms with Crippen molar-refractivity contribution in [2.45, 2.75) is 45.4 Å². The van der Waals surface area contributed by atoms with Crippen molar-refractivity contribution >= 4 is 5.84 Å². The first-order valence-corrected chi connectivity index (χ1v) is 6.86. The molecule has 2 aliphatic rings. The SMILES string of the molecule is CCCN(CC1CC1)CC1(CC(N)=NO)CC1. The average Bonchev–Trinajstić information content (AvgIpc) is 3.18. The Morgan fingerprint density at radius 2 is 2.18 bits per heavy atom. The van der Waals surface area contributed by atoms with Crippen molar-refractivity contribution in [3.05, 3.63) is 0 Å². The molecule has 0 heterocycles. The smallest absolute Gasteiger partial charge is 0.139 e. The van der Waals surface area contributed by atoms with E-state index in [1.807, 2.05) is 0 Å². The molecule has 0 atom stereocenters. The number of oxime groups is 1. The molecule has 0 bridgehead atoms. The molecule has 2 saturated carbocycles. The van der Waals surface area contributed by atoms with E-state index in [-0.39, 0.29) is 0 Å². The van der Waals surface area contributed by atoms with Gasteiger partial charge in [0, 0.05) is 19.5 Å². The van der Waals surface area contributed by atoms with Crippen LogP contribution in [0, 0.1) is 11.3 Å². The zero-order chi connectivity index (χ0) is 12.3. The van der Waals surface area contributed by atoms with Crippen LogP contribution in [-0.2, 0) is 0 Å². The Labute approximate surface area is 104 Å². The number of hydrogen-bond donors (Lipinski definition) is 2. The molecule has 4 heteroatoms. The number of nitrogens with two attached hydrogens (primary N) is 1. The maximum atomic E-state index is 8.67. The number of nitrogens with zero attached hydrogens (tertiary/aromatic N) is 2. The van der Waals surface area contributed by atoms with Crippen LogP contribution in [0.5, 0.6) is 0 Å². The molecule has 0 aromatic carbocycles. The van der Waals surface area contributed by atoms with Crippen molar-refractivity contribution in [1.29, 1.82) is 0 Å². The lowest BCUT2D eigenvalue weighted by Gasteiger charge is -2.27. The number of amidine groups is 1. The van der Waals surface area contributed by atoms with Gasteiger partial charge in [-0.3, -0.25) is 0 Å². The average molecular weight is 239 g/mol. The molecule has 0 radical (unpaired) electrons. The second kappa shape index (κ2) is 5.25. The van der Waals surface area contributed by atoms with E-state index in [1.165, 1.54) is 45.2 Å². The van der Waals surface area contributed by atoms with E-state index in [9.17, 15) is 0 Å². The van der Waals surface area contributed by atoms with Gasteiger partial charge in [-0.1, -0.05) is 12.1 Å². The lowest BCUT2D eigenvalue weighted by molar-refractivity contribution is 0.212. The standard InChI is InChI=1S/C13H25N3O/c1-2-7-16(9-11-3-4-11)10-13(5-6-13)8-12(14)15-17/h11,17H,2-10H2,1H3,(H2,14,15). The first-order chi connectivity index (χ1) is 8.17. The predicted octanol–water partition coefficient (Wildman–Crippen LogP) is 2.03. The van der Waals surface area contributed by atoms with Gasteiger partial charge in [0.2, 0.25) is 0 Å². The van der Waals surface area contributed by atoms with E-state index >= 15 is 0 Å². The summed E-state index contributed by atoms with van der Waals surface area (Å²) in [4.78, 5) is 2.59. The molecular formula is C13H25N3O. The summed E-state index contributed by atoms with van der Waals surface area (Å²) in [6, 6.07) is 0. The first kappa shape index (κ1) is 12.7. The third kappa shape index (κ3) is 3.87. The van der Waals surface area contributed by atoms with Crippen molar-refractivity contribution in [2.75, 3.05) is 19.6 Å². The van der Waals surface area contributed by atoms with Gasteiger partial charge >= 0.3 is 0 Å². The highest BCUT2D eigenvalue weighted by Crippen LogP contribution is 2.49. The predicted molar refractivity (Wildman–Crippen MR) is 69.1 cm³/mol. The van der Waals surface area contributed by atoms with Crippen LogP contribution in [0.1, 0.15) is 45.4 Å². The van der Waals surface area contributed by atoms with Crippen LogP contribution in [0.3, 0.4) is 0 Å². The lowest BCUT2D eigenvalue weighted by atomic mass is 10.0. The Bertz CT molecular complexity index is 282. The summed E-state index contributed by atoms with van der Waals surface area (Å²) < 4.78 is 0. The molecule has 2 aliphatic carbocycles. The number of rotatable bonds is 8. The monoisotopic (exact) mass is 239 g/mol. The lowest BCUT2D eigenvalue weighted by Crippen LogP contribution is -2.35. The Hall–Kier alpha value is -0.770. The van der Waals surface area contributed by atoms with Crippen molar-refractivity contribution in [3.63, 3.8) is 0 Å². The summed E-state index contributed by atoms with van der Waals surface area (Å²) in [5.74, 6) is 1.34. The van der Waals surface area contributed by atoms with Gasteiger partial charge < -0.3 is 15.8 Å². The van der Waals surface area contributed by atoms with Gasteiger partial charge in [0.1, 0.15) is 5.84 Å². The molecule has 0 unspecified atom stereocenters. The Morgan fingerprint density at radius 3 is 2.65 bits per heavy atom. The Morgan fingerprint density at radius 1 is 1.47 bits per heavy atom. The molecule has 0 spiro atoms. The summed E-state index contributed by atoms with van der Waals surface area (Å²) in [7, 11) is 0. The molecule has 17 heavy (non-hydrogen) atoms. The van der Waals surface area contributed by atoms with E-state index in [0.717, 1.165) is 18.9 Å². The van der Waals surface area contributed by atoms with Crippen molar-refractivity contribution in [3.8, 4) is 0 Å². The van der Waals surface area contributed by atoms with Gasteiger partial charge in [-0.2, -0.15) is 0 Å². The summed E-state index contributed by atoms with van der Waals surface area (Å²) in [6.07, 6.45) is 7.25. The summed E-state index contributed by atoms with van der Waals surface area (Å²) >= 11 is 0. The third-order valence-electron chi connectivity index (χ3n) is 3.95. The largest absolute Gasteiger partial charge is 0.409 e. The summed E-state index contributed by atoms with van der Waals surface area (Å²) in [5, 5.41) is 11.8. The molecular weight excluding hydrogens is 214 g/mol. The van der Waals surface area contributed by atoms with E-state index < -0.39 is 0 Å². The van der Waals surface area contributed by atoms with E-state index in [1.54, 1.807) is 0 Å². The fourth-order valence-electron chi connectivity index (χ4n) is 2.68. The van der Waals surface area contributed by atoms with E-state index in [0.29, 0.717) is 11.3 Å². The zero-order valence-electron chi connectivity index (χ0n) is 10.9. The van der Waals surface area contributed by atoms with Gasteiger partial charge in [0.05, 0.1) is 0 Å². The minimum atomic E-state index is 0.320. The maximum absolute atomic E-state index is 8.67. The topological polar surface area (TPSA) is 61.8 Å². The second-order valence-corrected chi connectivity index (χ2v) is 5.95. The molecule has 0 aromatic rings. The van der Waals surface area contributed by atoms with Gasteiger partial charge in [0.15, 0.2) is 0 Å². The third-order valence-corrected chi connectivity index (χ3v) is 3.95. The fraction of sp³-hybridized carbons (Fsp3) is 0.923. The Kier molecular flexibility index (Phi) is 3.92. The molecule has 0 amide bonds. The highest BCUT2D eigenvalue weighted by Gasteiger charge is 2.44. The molecule has 2 rings (SSSR count). The van der Waals surface area contributed by atoms with Gasteiger partial charge in [-0.15, -0.1) is 0 Å². The highest BCUT2D eigenvalue weighted by atomic mass is 16.4. The van der Waals surface area contributed by atoms with Crippen LogP contribution in [0.4, 0.5) is 0 Å². The molecule has 3 N–H and O–H groups in total. The fourth-order valence-corrected chi connectivity index (χ4v) is 2.68. The van der Waals surface area contributed by atoms with Crippen molar-refractivity contribution in [2.24, 2.45) is 22.2 Å². The van der Waals surface area contributed by atoms with Crippen LogP contribution in [0.2, 0.25) is 0 Å². The van der Waals surface area contributed by atoms with Crippen LogP contribution >= 0.6 is 0 Å². The van der Waals surface area contributed by atoms with Crippen LogP contribution in [0.15, 0.2) is 5.16 Å². The van der Waals surface area contributed by atoms with Crippen LogP contribution < -0.4 is 5.73 Å². The first-order valence-electron chi connectivity index (χ1n) is 6.86. The summed E-state index contributed by atoms with van der Waals surface area (Å²) in [6.45, 7) is 5.82. The maximum Gasteiger partial charge on any atom is 0.139 e. The molecule has 0 aliphatic heterocycles. The van der Waals surface area contributed by atoms with Gasteiger partial charge in [0.25, 0.3) is 0 Å². The molecule has 2 fully saturated rings. The quantitative estimate of drug-likeness (QED) is 0.295. The van der Waals surface area contributed by atoms with E-state index in [2.05, 4.69) is 17.0 Å². The minimum absolute atomic E-state index is 0.320. The molecule has 0 aromatic heterocycles. The van der Waals surface area contributed by atoms with Crippen LogP contribution in [0.25, 0.3) is 0 Å². The molecule has 4 nitrogen and oxygen atoms in total. The summed E-state index contributed by atoms with van der Waals surface area (Å²) in [5.41, 5.74) is 5.96. The van der Waals surface area contributed by atoms with Crippen molar-refractivity contribution in [1.82, 2.24) is 4.90 Å². The normalized spacial score (nSPS) is 23.1. The minimum Gasteiger partial charge on any atom is -0.409 e. The van der Waals surface area contributed by atoms with Gasteiger partial charge in [-0.05, 0) is 50.0 Å². The molecule has 98 valence electrons. The van der Waals surface area contributed by atoms with Crippen molar-refractivity contribution < 1.29 is 5.21 Å². The highest BCUT2D eigenvalue weighted by molar-refractivity contribution is 5.80. The second-order valence-electron chi connectivity index (χ2n) is 5.95. The number of hydrogen-bond acceptors (Lipinski definition) is 3.